The minimum Gasteiger partial charge on any atom is -0.395 e. The van der Waals surface area contributed by atoms with Crippen LogP contribution in [0.5, 0.6) is 0 Å². The predicted molar refractivity (Wildman–Crippen MR) is 145 cm³/mol. The van der Waals surface area contributed by atoms with Gasteiger partial charge in [-0.2, -0.15) is 4.37 Å². The van der Waals surface area contributed by atoms with Crippen LogP contribution in [0.2, 0.25) is 0 Å². The first-order chi connectivity index (χ1) is 17.3. The van der Waals surface area contributed by atoms with Crippen LogP contribution in [-0.4, -0.2) is 51.7 Å². The molecule has 2 aliphatic rings. The van der Waals surface area contributed by atoms with E-state index in [0.29, 0.717) is 18.9 Å². The van der Waals surface area contributed by atoms with Crippen molar-refractivity contribution in [3.8, 4) is 0 Å². The molecule has 202 valence electrons. The molecule has 0 radical (unpaired) electrons. The molecule has 2 fully saturated rings. The van der Waals surface area contributed by atoms with Crippen LogP contribution in [0.25, 0.3) is 0 Å². The van der Waals surface area contributed by atoms with Gasteiger partial charge in [0.25, 0.3) is 11.8 Å². The van der Waals surface area contributed by atoms with Gasteiger partial charge in [0.05, 0.1) is 5.69 Å². The third-order valence-electron chi connectivity index (χ3n) is 7.50. The van der Waals surface area contributed by atoms with Crippen LogP contribution in [0.1, 0.15) is 124 Å². The fourth-order valence-corrected chi connectivity index (χ4v) is 6.17. The van der Waals surface area contributed by atoms with Crippen LogP contribution < -0.4 is 16.4 Å². The molecule has 3 rings (SSSR count). The summed E-state index contributed by atoms with van der Waals surface area (Å²) in [6, 6.07) is -0.438. The Morgan fingerprint density at radius 3 is 2.28 bits per heavy atom. The average Bonchev–Trinajstić information content (AvgIpc) is 3.26. The number of anilines is 1. The zero-order valence-electron chi connectivity index (χ0n) is 22.3. The van der Waals surface area contributed by atoms with E-state index in [4.69, 9.17) is 5.73 Å². The lowest BCUT2D eigenvalue weighted by Crippen LogP contribution is -2.54. The van der Waals surface area contributed by atoms with Crippen molar-refractivity contribution in [2.75, 3.05) is 12.3 Å². The van der Waals surface area contributed by atoms with Gasteiger partial charge >= 0.3 is 0 Å². The van der Waals surface area contributed by atoms with Crippen LogP contribution in [0, 0.1) is 5.92 Å². The van der Waals surface area contributed by atoms with E-state index in [1.54, 1.807) is 4.90 Å². The van der Waals surface area contributed by atoms with Crippen molar-refractivity contribution in [2.24, 2.45) is 5.92 Å². The van der Waals surface area contributed by atoms with Crippen molar-refractivity contribution < 1.29 is 14.4 Å². The normalized spacial score (nSPS) is 18.1. The number of hydrogen-bond donors (Lipinski definition) is 3. The van der Waals surface area contributed by atoms with Crippen molar-refractivity contribution in [1.82, 2.24) is 19.9 Å². The van der Waals surface area contributed by atoms with Gasteiger partial charge in [-0.25, -0.2) is 0 Å². The van der Waals surface area contributed by atoms with Gasteiger partial charge < -0.3 is 21.3 Å². The molecule has 2 saturated carbocycles. The van der Waals surface area contributed by atoms with Crippen molar-refractivity contribution in [2.45, 2.75) is 122 Å². The van der Waals surface area contributed by atoms with Gasteiger partial charge in [0.15, 0.2) is 5.69 Å². The first-order valence-electron chi connectivity index (χ1n) is 14.0. The second-order valence-corrected chi connectivity index (χ2v) is 11.6. The molecule has 0 aromatic carbocycles. The quantitative estimate of drug-likeness (QED) is 0.385. The fourth-order valence-electron chi connectivity index (χ4n) is 5.43. The van der Waals surface area contributed by atoms with E-state index in [1.165, 1.54) is 6.42 Å². The van der Waals surface area contributed by atoms with E-state index in [-0.39, 0.29) is 46.1 Å². The molecule has 1 aromatic heterocycles. The first-order valence-corrected chi connectivity index (χ1v) is 14.8. The average molecular weight is 520 g/mol. The van der Waals surface area contributed by atoms with Crippen molar-refractivity contribution in [1.29, 1.82) is 0 Å². The number of aromatic nitrogens is 1. The summed E-state index contributed by atoms with van der Waals surface area (Å²) in [5.74, 6) is -0.197. The zero-order valence-corrected chi connectivity index (χ0v) is 23.1. The van der Waals surface area contributed by atoms with Crippen molar-refractivity contribution in [3.05, 3.63) is 10.6 Å². The number of rotatable bonds is 11. The Balaban J connectivity index is 1.83. The number of nitrogens with one attached hydrogen (secondary N) is 2. The highest BCUT2D eigenvalue weighted by Crippen LogP contribution is 2.31. The van der Waals surface area contributed by atoms with Gasteiger partial charge in [-0.15, -0.1) is 0 Å². The van der Waals surface area contributed by atoms with Gasteiger partial charge in [0.1, 0.15) is 10.9 Å². The summed E-state index contributed by atoms with van der Waals surface area (Å²) >= 11 is 0.977. The SMILES string of the molecule is CCCC(C(=O)NCCC(C)C)N(C(=O)c1snc(C(=O)NC2CCCCC2)c1N)C1CCCCC1. The number of nitrogens with zero attached hydrogens (tertiary/aromatic N) is 2. The molecule has 1 unspecified atom stereocenters. The molecule has 0 saturated heterocycles. The maximum atomic E-state index is 14.0. The van der Waals surface area contributed by atoms with Gasteiger partial charge in [-0.3, -0.25) is 14.4 Å². The highest BCUT2D eigenvalue weighted by atomic mass is 32.1. The minimum atomic E-state index is -0.557. The molecule has 0 bridgehead atoms. The molecule has 1 aromatic rings. The molecule has 9 heteroatoms. The molecule has 36 heavy (non-hydrogen) atoms. The van der Waals surface area contributed by atoms with Crippen molar-refractivity contribution >= 4 is 34.9 Å². The fraction of sp³-hybridized carbons (Fsp3) is 0.778. The van der Waals surface area contributed by atoms with E-state index in [1.807, 2.05) is 6.92 Å². The Hall–Kier alpha value is -2.16. The number of amides is 3. The van der Waals surface area contributed by atoms with Crippen LogP contribution in [0.4, 0.5) is 5.69 Å². The lowest BCUT2D eigenvalue weighted by Gasteiger charge is -2.39. The summed E-state index contributed by atoms with van der Waals surface area (Å²) in [7, 11) is 0. The number of nitrogen functional groups attached to an aromatic ring is 1. The smallest absolute Gasteiger partial charge is 0.273 e. The summed E-state index contributed by atoms with van der Waals surface area (Å²) in [5, 5.41) is 6.12. The molecule has 0 spiro atoms. The number of hydrogen-bond acceptors (Lipinski definition) is 6. The third kappa shape index (κ3) is 7.43. The molecule has 1 atom stereocenters. The van der Waals surface area contributed by atoms with Crippen LogP contribution >= 0.6 is 11.5 Å². The second kappa shape index (κ2) is 14.0. The lowest BCUT2D eigenvalue weighted by atomic mass is 9.92. The maximum Gasteiger partial charge on any atom is 0.273 e. The summed E-state index contributed by atoms with van der Waals surface area (Å²) in [5.41, 5.74) is 6.64. The second-order valence-electron chi connectivity index (χ2n) is 10.9. The number of nitrogens with two attached hydrogens (primary N) is 1. The van der Waals surface area contributed by atoms with E-state index >= 15 is 0 Å². The molecule has 4 N–H and O–H groups in total. The summed E-state index contributed by atoms with van der Waals surface area (Å²) < 4.78 is 4.31. The van der Waals surface area contributed by atoms with Crippen LogP contribution in [0.3, 0.4) is 0 Å². The van der Waals surface area contributed by atoms with E-state index in [0.717, 1.165) is 82.2 Å². The first kappa shape index (κ1) is 28.4. The molecule has 2 aliphatic carbocycles. The minimum absolute atomic E-state index is 0.0142. The third-order valence-corrected chi connectivity index (χ3v) is 8.35. The maximum absolute atomic E-state index is 14.0. The van der Waals surface area contributed by atoms with Gasteiger partial charge in [-0.1, -0.05) is 65.7 Å². The molecular formula is C27H45N5O3S. The molecule has 3 amide bonds. The largest absolute Gasteiger partial charge is 0.395 e. The Morgan fingerprint density at radius 1 is 1.03 bits per heavy atom. The van der Waals surface area contributed by atoms with Gasteiger partial charge in [0, 0.05) is 18.6 Å². The lowest BCUT2D eigenvalue weighted by molar-refractivity contribution is -0.127. The monoisotopic (exact) mass is 519 g/mol. The Bertz CT molecular complexity index is 875. The molecule has 0 aliphatic heterocycles. The molecule has 8 nitrogen and oxygen atoms in total. The summed E-state index contributed by atoms with van der Waals surface area (Å²) in [4.78, 5) is 42.3. The highest BCUT2D eigenvalue weighted by molar-refractivity contribution is 7.09. The number of carbonyl (C=O) groups is 3. The molecule has 1 heterocycles. The number of carbonyl (C=O) groups excluding carboxylic acids is 3. The summed E-state index contributed by atoms with van der Waals surface area (Å²) in [6.45, 7) is 6.88. The van der Waals surface area contributed by atoms with Crippen LogP contribution in [-0.2, 0) is 4.79 Å². The van der Waals surface area contributed by atoms with Crippen molar-refractivity contribution in [3.63, 3.8) is 0 Å². The zero-order chi connectivity index (χ0) is 26.1. The van der Waals surface area contributed by atoms with E-state index < -0.39 is 6.04 Å². The summed E-state index contributed by atoms with van der Waals surface area (Å²) in [6.07, 6.45) is 12.6. The Labute approximate surface area is 220 Å². The van der Waals surface area contributed by atoms with Gasteiger partial charge in [0.2, 0.25) is 5.91 Å². The van der Waals surface area contributed by atoms with Crippen LogP contribution in [0.15, 0.2) is 0 Å². The van der Waals surface area contributed by atoms with Gasteiger partial charge in [-0.05, 0) is 56.0 Å². The van der Waals surface area contributed by atoms with E-state index in [9.17, 15) is 14.4 Å². The standard InChI is InChI=1S/C27H45N5O3S/c1-4-11-21(25(33)29-17-16-18(2)3)32(20-14-9-6-10-15-20)27(35)24-22(28)23(31-36-24)26(34)30-19-12-7-5-8-13-19/h18-21H,4-17,28H2,1-3H3,(H,29,33)(H,30,34). The Morgan fingerprint density at radius 2 is 1.67 bits per heavy atom. The highest BCUT2D eigenvalue weighted by Gasteiger charge is 2.38. The van der Waals surface area contributed by atoms with E-state index in [2.05, 4.69) is 28.9 Å². The topological polar surface area (TPSA) is 117 Å². The molecular weight excluding hydrogens is 474 g/mol. The predicted octanol–water partition coefficient (Wildman–Crippen LogP) is 4.89. The Kier molecular flexibility index (Phi) is 11.0.